The Kier molecular flexibility index (Phi) is 6.82. The number of halogens is 2. The maximum Gasteiger partial charge on any atom is 0.139 e. The molecule has 1 nitrogen and oxygen atoms in total. The van der Waals surface area contributed by atoms with E-state index in [4.69, 9.17) is 4.74 Å². The lowest BCUT2D eigenvalue weighted by atomic mass is 10.0. The van der Waals surface area contributed by atoms with Gasteiger partial charge in [-0.05, 0) is 89.7 Å². The molecule has 0 spiro atoms. The highest BCUT2D eigenvalue weighted by Gasteiger charge is 2.03. The molecule has 0 heterocycles. The zero-order valence-corrected chi connectivity index (χ0v) is 18.0. The summed E-state index contributed by atoms with van der Waals surface area (Å²) in [6.45, 7) is 2.80. The van der Waals surface area contributed by atoms with Crippen LogP contribution in [0.1, 0.15) is 35.6 Å². The van der Waals surface area contributed by atoms with Gasteiger partial charge in [0.1, 0.15) is 17.4 Å². The average Bonchev–Trinajstić information content (AvgIpc) is 2.81. The van der Waals surface area contributed by atoms with Gasteiger partial charge in [-0.15, -0.1) is 0 Å². The molecule has 4 rings (SSSR count). The normalized spacial score (nSPS) is 10.6. The maximum atomic E-state index is 14.6. The van der Waals surface area contributed by atoms with Gasteiger partial charge >= 0.3 is 0 Å². The highest BCUT2D eigenvalue weighted by molar-refractivity contribution is 5.84. The summed E-state index contributed by atoms with van der Waals surface area (Å²) in [4.78, 5) is 0. The second-order valence-corrected chi connectivity index (χ2v) is 7.76. The molecule has 0 unspecified atom stereocenters. The van der Waals surface area contributed by atoms with Crippen molar-refractivity contribution < 1.29 is 13.5 Å². The van der Waals surface area contributed by atoms with E-state index in [1.165, 1.54) is 17.7 Å². The number of ether oxygens (including phenoxy) is 1. The van der Waals surface area contributed by atoms with Crippen LogP contribution in [0.15, 0.2) is 78.9 Å². The first kappa shape index (κ1) is 21.6. The third kappa shape index (κ3) is 5.53. The lowest BCUT2D eigenvalue weighted by Gasteiger charge is -2.07. The Bertz CT molecular complexity index is 1280. The van der Waals surface area contributed by atoms with Crippen LogP contribution in [-0.2, 0) is 12.8 Å². The van der Waals surface area contributed by atoms with E-state index in [0.29, 0.717) is 12.2 Å². The minimum atomic E-state index is -0.318. The molecule has 32 heavy (non-hydrogen) atoms. The van der Waals surface area contributed by atoms with E-state index in [9.17, 15) is 8.78 Å². The van der Waals surface area contributed by atoms with Crippen LogP contribution in [0.25, 0.3) is 10.8 Å². The van der Waals surface area contributed by atoms with E-state index in [1.54, 1.807) is 18.2 Å². The number of fused-ring (bicyclic) bond motifs is 1. The van der Waals surface area contributed by atoms with Gasteiger partial charge in [0.2, 0.25) is 0 Å². The van der Waals surface area contributed by atoms with Crippen molar-refractivity contribution in [1.82, 2.24) is 0 Å². The van der Waals surface area contributed by atoms with Crippen LogP contribution in [-0.4, -0.2) is 6.61 Å². The second kappa shape index (κ2) is 10.1. The van der Waals surface area contributed by atoms with Crippen molar-refractivity contribution >= 4 is 10.8 Å². The first-order valence-corrected chi connectivity index (χ1v) is 10.8. The fraction of sp³-hybridized carbons (Fsp3) is 0.172. The number of hydrogen-bond acceptors (Lipinski definition) is 1. The van der Waals surface area contributed by atoms with Crippen LogP contribution < -0.4 is 4.74 Å². The molecule has 0 N–H and O–H groups in total. The Morgan fingerprint density at radius 2 is 1.44 bits per heavy atom. The molecule has 0 aromatic heterocycles. The SMILES string of the molecule is CCCOc1ccc(CCc2ccc(C#Cc3ccc4cc(F)ccc4c3)c(F)c2)cc1. The molecule has 0 aliphatic rings. The summed E-state index contributed by atoms with van der Waals surface area (Å²) in [6.07, 6.45) is 2.56. The summed E-state index contributed by atoms with van der Waals surface area (Å²) >= 11 is 0. The summed E-state index contributed by atoms with van der Waals surface area (Å²) in [5.74, 6) is 6.22. The van der Waals surface area contributed by atoms with Crippen molar-refractivity contribution in [3.63, 3.8) is 0 Å². The molecule has 3 heteroatoms. The standard InChI is InChI=1S/C29H24F2O/c1-2-17-32-28-15-8-21(9-16-28)3-4-23-6-11-24(29(31)19-23)10-5-22-7-12-26-20-27(30)14-13-25(26)18-22/h6-9,11-16,18-20H,2-4,17H2,1H3. The maximum absolute atomic E-state index is 14.6. The second-order valence-electron chi connectivity index (χ2n) is 7.76. The van der Waals surface area contributed by atoms with Crippen molar-refractivity contribution in [3.05, 3.63) is 113 Å². The molecule has 0 atom stereocenters. The Hall–Kier alpha value is -3.64. The fourth-order valence-corrected chi connectivity index (χ4v) is 3.51. The minimum absolute atomic E-state index is 0.267. The van der Waals surface area contributed by atoms with Crippen LogP contribution >= 0.6 is 0 Å². The molecule has 0 amide bonds. The highest BCUT2D eigenvalue weighted by atomic mass is 19.1. The molecule has 0 radical (unpaired) electrons. The summed E-state index contributed by atoms with van der Waals surface area (Å²) in [5.41, 5.74) is 3.26. The quantitative estimate of drug-likeness (QED) is 0.299. The van der Waals surface area contributed by atoms with Crippen LogP contribution in [0.5, 0.6) is 5.75 Å². The zero-order valence-electron chi connectivity index (χ0n) is 18.0. The van der Waals surface area contributed by atoms with E-state index in [-0.39, 0.29) is 11.6 Å². The van der Waals surface area contributed by atoms with Gasteiger partial charge in [0.15, 0.2) is 0 Å². The number of hydrogen-bond donors (Lipinski definition) is 0. The molecule has 0 aliphatic heterocycles. The average molecular weight is 427 g/mol. The smallest absolute Gasteiger partial charge is 0.139 e. The highest BCUT2D eigenvalue weighted by Crippen LogP contribution is 2.18. The number of aryl methyl sites for hydroxylation is 2. The largest absolute Gasteiger partial charge is 0.494 e. The van der Waals surface area contributed by atoms with Crippen molar-refractivity contribution in [2.24, 2.45) is 0 Å². The molecule has 0 saturated carbocycles. The molecule has 0 aliphatic carbocycles. The van der Waals surface area contributed by atoms with Crippen LogP contribution in [0.4, 0.5) is 8.78 Å². The van der Waals surface area contributed by atoms with Crippen molar-refractivity contribution in [3.8, 4) is 17.6 Å². The fourth-order valence-electron chi connectivity index (χ4n) is 3.51. The van der Waals surface area contributed by atoms with Crippen LogP contribution in [0.2, 0.25) is 0 Å². The predicted octanol–water partition coefficient (Wildman–Crippen LogP) is 7.09. The first-order chi connectivity index (χ1) is 15.6. The van der Waals surface area contributed by atoms with E-state index in [0.717, 1.165) is 46.9 Å². The van der Waals surface area contributed by atoms with Crippen LogP contribution in [0, 0.1) is 23.5 Å². The minimum Gasteiger partial charge on any atom is -0.494 e. The van der Waals surface area contributed by atoms with Crippen molar-refractivity contribution in [1.29, 1.82) is 0 Å². The van der Waals surface area contributed by atoms with E-state index >= 15 is 0 Å². The van der Waals surface area contributed by atoms with Gasteiger partial charge in [0.05, 0.1) is 12.2 Å². The lowest BCUT2D eigenvalue weighted by molar-refractivity contribution is 0.317. The van der Waals surface area contributed by atoms with Crippen molar-refractivity contribution in [2.45, 2.75) is 26.2 Å². The van der Waals surface area contributed by atoms with Gasteiger partial charge in [0.25, 0.3) is 0 Å². The molecule has 4 aromatic carbocycles. The van der Waals surface area contributed by atoms with Gasteiger partial charge in [-0.3, -0.25) is 0 Å². The zero-order chi connectivity index (χ0) is 22.3. The molecule has 160 valence electrons. The molecule has 4 aromatic rings. The summed E-state index contributed by atoms with van der Waals surface area (Å²) in [5, 5.41) is 1.72. The van der Waals surface area contributed by atoms with Crippen LogP contribution in [0.3, 0.4) is 0 Å². The summed E-state index contributed by atoms with van der Waals surface area (Å²) < 4.78 is 33.5. The Labute approximate surface area is 187 Å². The molecular weight excluding hydrogens is 402 g/mol. The number of rotatable bonds is 6. The summed E-state index contributed by atoms with van der Waals surface area (Å²) in [7, 11) is 0. The van der Waals surface area contributed by atoms with Crippen molar-refractivity contribution in [2.75, 3.05) is 6.61 Å². The summed E-state index contributed by atoms with van der Waals surface area (Å²) in [6, 6.07) is 23.4. The molecule has 0 bridgehead atoms. The van der Waals surface area contributed by atoms with E-state index in [2.05, 4.69) is 30.9 Å². The number of benzene rings is 4. The third-order valence-corrected chi connectivity index (χ3v) is 5.28. The third-order valence-electron chi connectivity index (χ3n) is 5.28. The Balaban J connectivity index is 1.41. The Morgan fingerprint density at radius 3 is 2.22 bits per heavy atom. The topological polar surface area (TPSA) is 9.23 Å². The predicted molar refractivity (Wildman–Crippen MR) is 126 cm³/mol. The monoisotopic (exact) mass is 426 g/mol. The molecule has 0 fully saturated rings. The Morgan fingerprint density at radius 1 is 0.719 bits per heavy atom. The van der Waals surface area contributed by atoms with Gasteiger partial charge in [-0.1, -0.05) is 49.1 Å². The van der Waals surface area contributed by atoms with Gasteiger partial charge in [-0.25, -0.2) is 8.78 Å². The first-order valence-electron chi connectivity index (χ1n) is 10.8. The van der Waals surface area contributed by atoms with E-state index in [1.807, 2.05) is 36.4 Å². The molecule has 0 saturated heterocycles. The van der Waals surface area contributed by atoms with Gasteiger partial charge in [-0.2, -0.15) is 0 Å². The van der Waals surface area contributed by atoms with Gasteiger partial charge in [0, 0.05) is 5.56 Å². The van der Waals surface area contributed by atoms with E-state index < -0.39 is 0 Å². The molecular formula is C29H24F2O. The lowest BCUT2D eigenvalue weighted by Crippen LogP contribution is -1.96. The van der Waals surface area contributed by atoms with Gasteiger partial charge < -0.3 is 4.74 Å².